The van der Waals surface area contributed by atoms with Crippen LogP contribution in [-0.2, 0) is 28.9 Å². The lowest BCUT2D eigenvalue weighted by Crippen LogP contribution is -3.14. The molecule has 0 amide bonds. The summed E-state index contributed by atoms with van der Waals surface area (Å²) in [5, 5.41) is 5.66. The van der Waals surface area contributed by atoms with Crippen molar-refractivity contribution in [2.24, 2.45) is 5.92 Å². The molecule has 5 heterocycles. The highest BCUT2D eigenvalue weighted by Crippen LogP contribution is 2.43. The van der Waals surface area contributed by atoms with Gasteiger partial charge in [-0.05, 0) is 38.0 Å². The Morgan fingerprint density at radius 1 is 1.15 bits per heavy atom. The van der Waals surface area contributed by atoms with Gasteiger partial charge in [-0.3, -0.25) is 0 Å². The molecule has 2 aliphatic heterocycles. The summed E-state index contributed by atoms with van der Waals surface area (Å²) in [4.78, 5) is 17.7. The number of nitrogens with one attached hydrogen (secondary N) is 2. The lowest BCUT2D eigenvalue weighted by Gasteiger charge is -2.33. The molecule has 3 aromatic heterocycles. The van der Waals surface area contributed by atoms with E-state index in [4.69, 9.17) is 24.4 Å². The Morgan fingerprint density at radius 2 is 1.94 bits per heavy atom. The summed E-state index contributed by atoms with van der Waals surface area (Å²) in [6.45, 7) is 15.3. The number of hydrogen-bond acceptors (Lipinski definition) is 8. The van der Waals surface area contributed by atoms with Gasteiger partial charge < -0.3 is 19.7 Å². The number of hydrogen-bond donors (Lipinski definition) is 2. The van der Waals surface area contributed by atoms with Crippen molar-refractivity contribution in [2.45, 2.75) is 57.9 Å². The molecule has 5 rings (SSSR count). The van der Waals surface area contributed by atoms with Crippen LogP contribution in [0.15, 0.2) is 5.16 Å². The van der Waals surface area contributed by atoms with E-state index in [9.17, 15) is 0 Å². The molecule has 7 nitrogen and oxygen atoms in total. The number of anilines is 1. The highest BCUT2D eigenvalue weighted by atomic mass is 32.2. The number of aromatic nitrogens is 3. The van der Waals surface area contributed by atoms with E-state index >= 15 is 0 Å². The van der Waals surface area contributed by atoms with Crippen molar-refractivity contribution in [2.75, 3.05) is 51.0 Å². The Morgan fingerprint density at radius 3 is 2.68 bits per heavy atom. The van der Waals surface area contributed by atoms with Crippen LogP contribution in [0.2, 0.25) is 0 Å². The van der Waals surface area contributed by atoms with Crippen LogP contribution in [0.25, 0.3) is 20.4 Å². The van der Waals surface area contributed by atoms with Gasteiger partial charge in [-0.25, -0.2) is 15.0 Å². The second-order valence-corrected chi connectivity index (χ2v) is 12.2. The molecule has 0 radical (unpaired) electrons. The van der Waals surface area contributed by atoms with Crippen LogP contribution in [0.4, 0.5) is 5.82 Å². The minimum Gasteiger partial charge on any atom is -0.370 e. The SMILES string of the molecule is CSc1nc(NCC[NH+]2CCOCC2)c2sc3nc(CC(C)C)c4c(c3c2n1)CC(C)(C)OC4. The van der Waals surface area contributed by atoms with Crippen molar-refractivity contribution in [1.82, 2.24) is 15.0 Å². The third kappa shape index (κ3) is 4.91. The van der Waals surface area contributed by atoms with Gasteiger partial charge in [-0.15, -0.1) is 11.3 Å². The summed E-state index contributed by atoms with van der Waals surface area (Å²) in [6.07, 6.45) is 3.88. The minimum absolute atomic E-state index is 0.192. The third-order valence-electron chi connectivity index (χ3n) is 6.71. The van der Waals surface area contributed by atoms with Gasteiger partial charge >= 0.3 is 0 Å². The number of thiophene rings is 1. The molecule has 0 atom stereocenters. The summed E-state index contributed by atoms with van der Waals surface area (Å²) in [7, 11) is 0. The van der Waals surface area contributed by atoms with E-state index in [1.54, 1.807) is 28.0 Å². The van der Waals surface area contributed by atoms with Gasteiger partial charge in [0.15, 0.2) is 5.16 Å². The molecule has 0 aromatic carbocycles. The molecule has 2 N–H and O–H groups in total. The zero-order chi connectivity index (χ0) is 23.9. The zero-order valence-corrected chi connectivity index (χ0v) is 22.5. The molecular weight excluding hydrogens is 466 g/mol. The summed E-state index contributed by atoms with van der Waals surface area (Å²) >= 11 is 3.33. The predicted molar refractivity (Wildman–Crippen MR) is 140 cm³/mol. The van der Waals surface area contributed by atoms with Crippen LogP contribution in [-0.4, -0.2) is 66.2 Å². The Labute approximate surface area is 210 Å². The molecule has 0 spiro atoms. The highest BCUT2D eigenvalue weighted by Gasteiger charge is 2.32. The molecule has 2 aliphatic rings. The fraction of sp³-hybridized carbons (Fsp3) is 0.640. The first kappa shape index (κ1) is 24.2. The van der Waals surface area contributed by atoms with E-state index in [1.165, 1.54) is 22.2 Å². The van der Waals surface area contributed by atoms with Gasteiger partial charge in [-0.1, -0.05) is 25.6 Å². The third-order valence-corrected chi connectivity index (χ3v) is 8.34. The number of morpholine rings is 1. The van der Waals surface area contributed by atoms with Crippen LogP contribution in [0.1, 0.15) is 44.5 Å². The maximum Gasteiger partial charge on any atom is 0.189 e. The van der Waals surface area contributed by atoms with E-state index in [2.05, 4.69) is 33.0 Å². The Balaban J connectivity index is 1.59. The Bertz CT molecular complexity index is 1190. The lowest BCUT2D eigenvalue weighted by atomic mass is 9.88. The molecule has 9 heteroatoms. The quantitative estimate of drug-likeness (QED) is 0.379. The fourth-order valence-corrected chi connectivity index (χ4v) is 6.45. The van der Waals surface area contributed by atoms with E-state index in [0.717, 1.165) is 78.3 Å². The molecule has 0 unspecified atom stereocenters. The normalized spacial score (nSPS) is 18.6. The average molecular weight is 503 g/mol. The van der Waals surface area contributed by atoms with Gasteiger partial charge in [-0.2, -0.15) is 0 Å². The van der Waals surface area contributed by atoms with Gasteiger partial charge in [0.25, 0.3) is 0 Å². The molecule has 34 heavy (non-hydrogen) atoms. The van der Waals surface area contributed by atoms with Gasteiger partial charge in [0, 0.05) is 23.1 Å². The van der Waals surface area contributed by atoms with Crippen molar-refractivity contribution < 1.29 is 14.4 Å². The van der Waals surface area contributed by atoms with Crippen LogP contribution >= 0.6 is 23.1 Å². The number of thioether (sulfide) groups is 1. The smallest absolute Gasteiger partial charge is 0.189 e. The number of ether oxygens (including phenoxy) is 2. The number of quaternary nitrogens is 1. The van der Waals surface area contributed by atoms with Crippen molar-refractivity contribution in [3.8, 4) is 0 Å². The number of pyridine rings is 1. The van der Waals surface area contributed by atoms with Crippen molar-refractivity contribution in [3.05, 3.63) is 16.8 Å². The standard InChI is InChI=1S/C25H35N5O2S2/c1-15(2)12-18-17-14-32-25(3,4)13-16(17)19-20-21(34-23(19)27-18)22(29-24(28-20)33-5)26-6-7-30-8-10-31-11-9-30/h15H,6-14H2,1-5H3,(H,26,28,29)/p+1. The second-order valence-electron chi connectivity index (χ2n) is 10.4. The predicted octanol–water partition coefficient (Wildman–Crippen LogP) is 3.34. The summed E-state index contributed by atoms with van der Waals surface area (Å²) in [6, 6.07) is 0. The minimum atomic E-state index is -0.192. The lowest BCUT2D eigenvalue weighted by molar-refractivity contribution is -0.906. The summed E-state index contributed by atoms with van der Waals surface area (Å²) < 4.78 is 12.9. The van der Waals surface area contributed by atoms with Gasteiger partial charge in [0.05, 0.1) is 48.7 Å². The van der Waals surface area contributed by atoms with Gasteiger partial charge in [0.1, 0.15) is 23.7 Å². The topological polar surface area (TPSA) is 73.6 Å². The molecule has 0 aliphatic carbocycles. The second kappa shape index (κ2) is 9.85. The van der Waals surface area contributed by atoms with Crippen LogP contribution in [0.3, 0.4) is 0 Å². The average Bonchev–Trinajstić information content (AvgIpc) is 3.17. The van der Waals surface area contributed by atoms with E-state index < -0.39 is 0 Å². The van der Waals surface area contributed by atoms with Crippen LogP contribution in [0, 0.1) is 5.92 Å². The first-order valence-corrected chi connectivity index (χ1v) is 14.4. The first-order valence-electron chi connectivity index (χ1n) is 12.3. The maximum atomic E-state index is 6.23. The number of rotatable bonds is 7. The molecule has 0 saturated carbocycles. The maximum absolute atomic E-state index is 6.23. The van der Waals surface area contributed by atoms with Crippen LogP contribution < -0.4 is 10.2 Å². The van der Waals surface area contributed by atoms with E-state index in [1.807, 2.05) is 6.26 Å². The summed E-state index contributed by atoms with van der Waals surface area (Å²) in [5.41, 5.74) is 4.68. The van der Waals surface area contributed by atoms with Crippen LogP contribution in [0.5, 0.6) is 0 Å². The molecule has 0 bridgehead atoms. The Kier molecular flexibility index (Phi) is 7.01. The molecular formula is C25H36N5O2S2+. The largest absolute Gasteiger partial charge is 0.370 e. The highest BCUT2D eigenvalue weighted by molar-refractivity contribution is 7.98. The molecule has 3 aromatic rings. The fourth-order valence-electron chi connectivity index (χ4n) is 4.96. The summed E-state index contributed by atoms with van der Waals surface area (Å²) in [5.74, 6) is 1.48. The van der Waals surface area contributed by atoms with Crippen molar-refractivity contribution in [3.63, 3.8) is 0 Å². The van der Waals surface area contributed by atoms with Gasteiger partial charge in [0.2, 0.25) is 0 Å². The zero-order valence-electron chi connectivity index (χ0n) is 20.9. The van der Waals surface area contributed by atoms with E-state index in [-0.39, 0.29) is 5.60 Å². The van der Waals surface area contributed by atoms with E-state index in [0.29, 0.717) is 12.5 Å². The monoisotopic (exact) mass is 502 g/mol. The molecule has 184 valence electrons. The number of nitrogens with zero attached hydrogens (tertiary/aromatic N) is 3. The Hall–Kier alpha value is -1.52. The number of fused-ring (bicyclic) bond motifs is 5. The van der Waals surface area contributed by atoms with Crippen molar-refractivity contribution in [1.29, 1.82) is 0 Å². The molecule has 1 fully saturated rings. The first-order chi connectivity index (χ1) is 16.3. The molecule has 1 saturated heterocycles. The van der Waals surface area contributed by atoms with Crippen molar-refractivity contribution >= 4 is 49.3 Å².